The molecule has 0 fully saturated rings. The van der Waals surface area contributed by atoms with Gasteiger partial charge in [0.05, 0.1) is 16.1 Å². The van der Waals surface area contributed by atoms with Crippen molar-refractivity contribution in [3.05, 3.63) is 54.5 Å². The summed E-state index contributed by atoms with van der Waals surface area (Å²) < 4.78 is 36.8. The van der Waals surface area contributed by atoms with Crippen LogP contribution in [0.1, 0.15) is 0 Å². The fraction of sp³-hybridized carbons (Fsp3) is 0.0625. The van der Waals surface area contributed by atoms with Gasteiger partial charge in [0, 0.05) is 29.6 Å². The monoisotopic (exact) mass is 332 g/mol. The van der Waals surface area contributed by atoms with Gasteiger partial charge in [0.2, 0.25) is 0 Å². The molecule has 0 amide bonds. The van der Waals surface area contributed by atoms with Crippen LogP contribution < -0.4 is 5.32 Å². The minimum atomic E-state index is -3.36. The third-order valence-electron chi connectivity index (χ3n) is 3.37. The van der Waals surface area contributed by atoms with Crippen LogP contribution in [0.5, 0.6) is 5.75 Å². The zero-order valence-electron chi connectivity index (χ0n) is 12.1. The maximum atomic E-state index is 13.3. The number of hydrogen-bond acceptors (Lipinski definition) is 5. The van der Waals surface area contributed by atoms with Crippen LogP contribution in [0, 0.1) is 5.82 Å². The summed E-state index contributed by atoms with van der Waals surface area (Å²) in [5.74, 6) is -0.615. The van der Waals surface area contributed by atoms with Gasteiger partial charge in [-0.15, -0.1) is 0 Å². The van der Waals surface area contributed by atoms with Crippen molar-refractivity contribution in [2.24, 2.45) is 0 Å². The number of fused-ring (bicyclic) bond motifs is 1. The molecule has 23 heavy (non-hydrogen) atoms. The summed E-state index contributed by atoms with van der Waals surface area (Å²) in [6, 6.07) is 9.74. The standard InChI is InChI=1S/C16H13FN2O3S/c1-23(21,22)11-3-4-13-12(9-11)14(6-7-18-13)19-15-8-10(17)2-5-16(15)20/h2-9,20H,1H3,(H,18,19). The Morgan fingerprint density at radius 2 is 1.87 bits per heavy atom. The van der Waals surface area contributed by atoms with Crippen molar-refractivity contribution in [2.45, 2.75) is 4.90 Å². The summed E-state index contributed by atoms with van der Waals surface area (Å²) in [7, 11) is -3.36. The van der Waals surface area contributed by atoms with Gasteiger partial charge < -0.3 is 10.4 Å². The number of nitrogens with one attached hydrogen (secondary N) is 1. The number of nitrogens with zero attached hydrogens (tertiary/aromatic N) is 1. The number of rotatable bonds is 3. The minimum Gasteiger partial charge on any atom is -0.506 e. The second kappa shape index (κ2) is 5.51. The molecule has 3 rings (SSSR count). The van der Waals surface area contributed by atoms with Gasteiger partial charge in [-0.1, -0.05) is 0 Å². The number of phenols is 1. The smallest absolute Gasteiger partial charge is 0.175 e. The van der Waals surface area contributed by atoms with Gasteiger partial charge in [-0.3, -0.25) is 4.98 Å². The van der Waals surface area contributed by atoms with E-state index < -0.39 is 15.7 Å². The molecule has 0 unspecified atom stereocenters. The quantitative estimate of drug-likeness (QED) is 0.720. The molecule has 3 aromatic rings. The summed E-state index contributed by atoms with van der Waals surface area (Å²) in [5.41, 5.74) is 1.28. The molecule has 1 heterocycles. The minimum absolute atomic E-state index is 0.115. The van der Waals surface area contributed by atoms with Crippen LogP contribution >= 0.6 is 0 Å². The fourth-order valence-corrected chi connectivity index (χ4v) is 2.87. The number of aromatic hydroxyl groups is 1. The first kappa shape index (κ1) is 15.2. The van der Waals surface area contributed by atoms with Crippen molar-refractivity contribution in [1.29, 1.82) is 0 Å². The van der Waals surface area contributed by atoms with E-state index in [0.717, 1.165) is 18.4 Å². The van der Waals surface area contributed by atoms with Gasteiger partial charge in [-0.2, -0.15) is 0 Å². The maximum absolute atomic E-state index is 13.3. The molecule has 0 bridgehead atoms. The van der Waals surface area contributed by atoms with Crippen molar-refractivity contribution < 1.29 is 17.9 Å². The van der Waals surface area contributed by atoms with Gasteiger partial charge in [-0.05, 0) is 36.4 Å². The second-order valence-corrected chi connectivity index (χ2v) is 7.11. The normalized spacial score (nSPS) is 11.6. The molecule has 7 heteroatoms. The zero-order valence-corrected chi connectivity index (χ0v) is 12.9. The number of hydrogen-bond donors (Lipinski definition) is 2. The van der Waals surface area contributed by atoms with E-state index in [2.05, 4.69) is 10.3 Å². The lowest BCUT2D eigenvalue weighted by Gasteiger charge is -2.11. The topological polar surface area (TPSA) is 79.3 Å². The Labute approximate surface area is 132 Å². The molecule has 0 aliphatic heterocycles. The van der Waals surface area contributed by atoms with E-state index in [9.17, 15) is 17.9 Å². The highest BCUT2D eigenvalue weighted by Crippen LogP contribution is 2.31. The molecule has 0 radical (unpaired) electrons. The van der Waals surface area contributed by atoms with Crippen molar-refractivity contribution >= 4 is 32.1 Å². The molecule has 5 nitrogen and oxygen atoms in total. The lowest BCUT2D eigenvalue weighted by molar-refractivity contribution is 0.475. The average molecular weight is 332 g/mol. The molecule has 0 atom stereocenters. The van der Waals surface area contributed by atoms with Crippen molar-refractivity contribution in [3.63, 3.8) is 0 Å². The Bertz CT molecular complexity index is 1000. The molecule has 118 valence electrons. The van der Waals surface area contributed by atoms with Crippen molar-refractivity contribution in [1.82, 2.24) is 4.98 Å². The Morgan fingerprint density at radius 3 is 2.61 bits per heavy atom. The number of benzene rings is 2. The van der Waals surface area contributed by atoms with E-state index in [-0.39, 0.29) is 16.3 Å². The Kier molecular flexibility index (Phi) is 3.65. The van der Waals surface area contributed by atoms with Crippen LogP contribution in [0.25, 0.3) is 10.9 Å². The van der Waals surface area contributed by atoms with Crippen LogP contribution in [-0.4, -0.2) is 24.8 Å². The highest BCUT2D eigenvalue weighted by molar-refractivity contribution is 7.90. The SMILES string of the molecule is CS(=O)(=O)c1ccc2nccc(Nc3cc(F)ccc3O)c2c1. The first-order valence-corrected chi connectivity index (χ1v) is 8.58. The Balaban J connectivity index is 2.15. The van der Waals surface area contributed by atoms with Gasteiger partial charge >= 0.3 is 0 Å². The van der Waals surface area contributed by atoms with Crippen LogP contribution in [0.2, 0.25) is 0 Å². The molecule has 0 spiro atoms. The van der Waals surface area contributed by atoms with E-state index in [0.29, 0.717) is 16.6 Å². The third kappa shape index (κ3) is 3.09. The number of sulfone groups is 1. The van der Waals surface area contributed by atoms with Crippen LogP contribution in [0.4, 0.5) is 15.8 Å². The lowest BCUT2D eigenvalue weighted by atomic mass is 10.1. The van der Waals surface area contributed by atoms with E-state index in [4.69, 9.17) is 0 Å². The molecule has 2 N–H and O–H groups in total. The molecular formula is C16H13FN2O3S. The first-order valence-electron chi connectivity index (χ1n) is 6.69. The summed E-state index contributed by atoms with van der Waals surface area (Å²) in [6.45, 7) is 0. The van der Waals surface area contributed by atoms with Crippen LogP contribution in [0.3, 0.4) is 0 Å². The number of phenolic OH excluding ortho intramolecular Hbond substituents is 1. The maximum Gasteiger partial charge on any atom is 0.175 e. The molecular weight excluding hydrogens is 319 g/mol. The van der Waals surface area contributed by atoms with Crippen molar-refractivity contribution in [2.75, 3.05) is 11.6 Å². The van der Waals surface area contributed by atoms with Crippen LogP contribution in [-0.2, 0) is 9.84 Å². The molecule has 2 aromatic carbocycles. The van der Waals surface area contributed by atoms with Gasteiger partial charge in [0.1, 0.15) is 11.6 Å². The lowest BCUT2D eigenvalue weighted by Crippen LogP contribution is -1.98. The van der Waals surface area contributed by atoms with E-state index >= 15 is 0 Å². The predicted octanol–water partition coefficient (Wildman–Crippen LogP) is 3.23. The average Bonchev–Trinajstić information content (AvgIpc) is 2.50. The van der Waals surface area contributed by atoms with Crippen molar-refractivity contribution in [3.8, 4) is 5.75 Å². The molecule has 0 saturated heterocycles. The van der Waals surface area contributed by atoms with Gasteiger partial charge in [0.25, 0.3) is 0 Å². The highest BCUT2D eigenvalue weighted by Gasteiger charge is 2.11. The zero-order chi connectivity index (χ0) is 16.6. The van der Waals surface area contributed by atoms with Gasteiger partial charge in [0.15, 0.2) is 9.84 Å². The summed E-state index contributed by atoms with van der Waals surface area (Å²) >= 11 is 0. The Hall–Kier alpha value is -2.67. The van der Waals surface area contributed by atoms with E-state index in [1.54, 1.807) is 18.3 Å². The molecule has 0 aliphatic rings. The summed E-state index contributed by atoms with van der Waals surface area (Å²) in [4.78, 5) is 4.33. The van der Waals surface area contributed by atoms with Crippen LogP contribution in [0.15, 0.2) is 53.6 Å². The fourth-order valence-electron chi connectivity index (χ4n) is 2.22. The highest BCUT2D eigenvalue weighted by atomic mass is 32.2. The predicted molar refractivity (Wildman–Crippen MR) is 86.2 cm³/mol. The number of pyridine rings is 1. The molecule has 0 saturated carbocycles. The first-order chi connectivity index (χ1) is 10.8. The number of anilines is 2. The third-order valence-corrected chi connectivity index (χ3v) is 4.48. The van der Waals surface area contributed by atoms with Gasteiger partial charge in [-0.25, -0.2) is 12.8 Å². The molecule has 0 aliphatic carbocycles. The summed E-state index contributed by atoms with van der Waals surface area (Å²) in [5, 5.41) is 13.3. The summed E-state index contributed by atoms with van der Waals surface area (Å²) in [6.07, 6.45) is 2.66. The molecule has 1 aromatic heterocycles. The van der Waals surface area contributed by atoms with E-state index in [1.807, 2.05) is 0 Å². The van der Waals surface area contributed by atoms with E-state index in [1.165, 1.54) is 18.2 Å². The number of aromatic nitrogens is 1. The number of halogens is 1. The second-order valence-electron chi connectivity index (χ2n) is 5.10. The largest absolute Gasteiger partial charge is 0.506 e. The Morgan fingerprint density at radius 1 is 1.09 bits per heavy atom.